The molecular formula is C24H23N9. The normalized spacial score (nSPS) is 18.5. The summed E-state index contributed by atoms with van der Waals surface area (Å²) in [7, 11) is 1.87. The van der Waals surface area contributed by atoms with Crippen LogP contribution in [0.25, 0.3) is 27.8 Å². The van der Waals surface area contributed by atoms with Crippen LogP contribution in [-0.4, -0.2) is 34.2 Å². The second-order valence-corrected chi connectivity index (χ2v) is 8.66. The molecule has 1 fully saturated rings. The van der Waals surface area contributed by atoms with Gasteiger partial charge in [0.15, 0.2) is 5.65 Å². The number of anilines is 2. The first-order valence-electron chi connectivity index (χ1n) is 11.2. The summed E-state index contributed by atoms with van der Waals surface area (Å²) in [6, 6.07) is 15.1. The lowest BCUT2D eigenvalue weighted by Gasteiger charge is -2.24. The molecule has 1 aliphatic carbocycles. The van der Waals surface area contributed by atoms with Crippen molar-refractivity contribution in [2.24, 2.45) is 13.0 Å². The lowest BCUT2D eigenvalue weighted by molar-refractivity contribution is 0.296. The number of fused-ring (bicyclic) bond motifs is 2. The van der Waals surface area contributed by atoms with Crippen LogP contribution in [0.5, 0.6) is 0 Å². The fourth-order valence-electron chi connectivity index (χ4n) is 4.65. The summed E-state index contributed by atoms with van der Waals surface area (Å²) in [5.41, 5.74) is 4.60. The van der Waals surface area contributed by atoms with Crippen molar-refractivity contribution in [1.82, 2.24) is 34.2 Å². The third-order valence-electron chi connectivity index (χ3n) is 6.39. The van der Waals surface area contributed by atoms with Gasteiger partial charge >= 0.3 is 0 Å². The Morgan fingerprint density at radius 1 is 1.06 bits per heavy atom. The average Bonchev–Trinajstić information content (AvgIpc) is 3.56. The molecule has 0 atom stereocenters. The van der Waals surface area contributed by atoms with Gasteiger partial charge in [-0.05, 0) is 49.9 Å². The van der Waals surface area contributed by atoms with E-state index in [1.165, 1.54) is 0 Å². The lowest BCUT2D eigenvalue weighted by atomic mass is 9.87. The Kier molecular flexibility index (Phi) is 4.57. The molecule has 1 aliphatic rings. The van der Waals surface area contributed by atoms with Gasteiger partial charge in [0.1, 0.15) is 0 Å². The van der Waals surface area contributed by atoms with Gasteiger partial charge in [-0.2, -0.15) is 20.4 Å². The zero-order valence-electron chi connectivity index (χ0n) is 18.3. The minimum atomic E-state index is 0.193. The van der Waals surface area contributed by atoms with E-state index in [1.54, 1.807) is 10.9 Å². The highest BCUT2D eigenvalue weighted by Gasteiger charge is 2.23. The van der Waals surface area contributed by atoms with E-state index in [0.29, 0.717) is 12.0 Å². The van der Waals surface area contributed by atoms with Gasteiger partial charge in [-0.1, -0.05) is 12.1 Å². The Balaban J connectivity index is 1.32. The Morgan fingerprint density at radius 3 is 2.73 bits per heavy atom. The summed E-state index contributed by atoms with van der Waals surface area (Å²) < 4.78 is 5.68. The second-order valence-electron chi connectivity index (χ2n) is 8.66. The number of aryl methyl sites for hydroxylation is 1. The first-order chi connectivity index (χ1) is 16.2. The molecule has 164 valence electrons. The van der Waals surface area contributed by atoms with E-state index in [9.17, 15) is 0 Å². The van der Waals surface area contributed by atoms with E-state index < -0.39 is 0 Å². The van der Waals surface area contributed by atoms with Crippen molar-refractivity contribution in [2.45, 2.75) is 31.7 Å². The van der Waals surface area contributed by atoms with Gasteiger partial charge in [-0.25, -0.2) is 4.52 Å². The molecule has 0 saturated heterocycles. The number of nitrogens with one attached hydrogen (secondary N) is 1. The van der Waals surface area contributed by atoms with Crippen molar-refractivity contribution in [3.05, 3.63) is 55.0 Å². The molecule has 4 aromatic heterocycles. The molecule has 0 radical (unpaired) electrons. The number of aromatic nitrogens is 7. The standard InChI is InChI=1S/C24H23N9/c1-31-15-19(13-26-31)27-24-28-23-4-2-3-22(33(23)30-24)17-7-10-21-18(11-17)14-32(29-21)20-8-5-16(12-25)6-9-20/h2-4,7,10-11,13-16,20H,5-6,8-9H2,1H3,(H,27,30). The molecular weight excluding hydrogens is 414 g/mol. The van der Waals surface area contributed by atoms with Crippen molar-refractivity contribution in [3.63, 3.8) is 0 Å². The third kappa shape index (κ3) is 3.59. The Bertz CT molecular complexity index is 1490. The maximum absolute atomic E-state index is 9.16. The van der Waals surface area contributed by atoms with Crippen LogP contribution < -0.4 is 5.32 Å². The van der Waals surface area contributed by atoms with Crippen LogP contribution in [0.4, 0.5) is 11.6 Å². The number of nitriles is 1. The topological polar surface area (TPSA) is 102 Å². The largest absolute Gasteiger partial charge is 0.320 e. The van der Waals surface area contributed by atoms with Crippen LogP contribution in [0.2, 0.25) is 0 Å². The van der Waals surface area contributed by atoms with Crippen LogP contribution in [0.3, 0.4) is 0 Å². The number of pyridine rings is 1. The highest BCUT2D eigenvalue weighted by molar-refractivity contribution is 5.84. The van der Waals surface area contributed by atoms with Crippen LogP contribution in [0, 0.1) is 17.2 Å². The van der Waals surface area contributed by atoms with Crippen molar-refractivity contribution in [2.75, 3.05) is 5.32 Å². The van der Waals surface area contributed by atoms with Gasteiger partial charge in [0, 0.05) is 36.3 Å². The minimum Gasteiger partial charge on any atom is -0.320 e. The van der Waals surface area contributed by atoms with E-state index in [1.807, 2.05) is 36.0 Å². The number of hydrogen-bond acceptors (Lipinski definition) is 6. The molecule has 1 N–H and O–H groups in total. The van der Waals surface area contributed by atoms with Gasteiger partial charge in [-0.3, -0.25) is 9.36 Å². The smallest absolute Gasteiger partial charge is 0.247 e. The maximum Gasteiger partial charge on any atom is 0.247 e. The summed E-state index contributed by atoms with van der Waals surface area (Å²) in [6.45, 7) is 0. The molecule has 0 spiro atoms. The first-order valence-corrected chi connectivity index (χ1v) is 11.2. The number of benzene rings is 1. The van der Waals surface area contributed by atoms with Crippen LogP contribution in [0.15, 0.2) is 55.0 Å². The van der Waals surface area contributed by atoms with Crippen molar-refractivity contribution >= 4 is 28.2 Å². The number of hydrogen-bond donors (Lipinski definition) is 1. The number of rotatable bonds is 4. The SMILES string of the molecule is Cn1cc(Nc2nc3cccc(-c4ccc5nn(C6CCC(C#N)CC6)cc5c4)n3n2)cn1. The molecule has 1 aromatic carbocycles. The molecule has 1 saturated carbocycles. The lowest BCUT2D eigenvalue weighted by Crippen LogP contribution is -2.17. The molecule has 9 heteroatoms. The van der Waals surface area contributed by atoms with Crippen molar-refractivity contribution in [3.8, 4) is 17.3 Å². The average molecular weight is 438 g/mol. The van der Waals surface area contributed by atoms with E-state index in [4.69, 9.17) is 10.4 Å². The molecule has 6 rings (SSSR count). The first kappa shape index (κ1) is 19.5. The summed E-state index contributed by atoms with van der Waals surface area (Å²) in [4.78, 5) is 4.61. The van der Waals surface area contributed by atoms with Gasteiger partial charge in [0.05, 0.1) is 35.2 Å². The Morgan fingerprint density at radius 2 is 1.94 bits per heavy atom. The molecule has 4 heterocycles. The van der Waals surface area contributed by atoms with Crippen LogP contribution in [0.1, 0.15) is 31.7 Å². The fraction of sp³-hybridized carbons (Fsp3) is 0.292. The van der Waals surface area contributed by atoms with Gasteiger partial charge in [-0.15, -0.1) is 5.10 Å². The summed E-state index contributed by atoms with van der Waals surface area (Å²) in [5.74, 6) is 0.718. The highest BCUT2D eigenvalue weighted by atomic mass is 15.4. The maximum atomic E-state index is 9.16. The van der Waals surface area contributed by atoms with E-state index in [-0.39, 0.29) is 5.92 Å². The second kappa shape index (κ2) is 7.74. The van der Waals surface area contributed by atoms with Gasteiger partial charge < -0.3 is 5.32 Å². The zero-order valence-corrected chi connectivity index (χ0v) is 18.3. The van der Waals surface area contributed by atoms with Crippen LogP contribution in [-0.2, 0) is 7.05 Å². The molecule has 9 nitrogen and oxygen atoms in total. The summed E-state index contributed by atoms with van der Waals surface area (Å²) in [6.07, 6.45) is 9.66. The zero-order chi connectivity index (χ0) is 22.4. The third-order valence-corrected chi connectivity index (χ3v) is 6.39. The van der Waals surface area contributed by atoms with Crippen molar-refractivity contribution < 1.29 is 0 Å². The minimum absolute atomic E-state index is 0.193. The Labute approximate surface area is 190 Å². The molecule has 33 heavy (non-hydrogen) atoms. The molecule has 0 unspecified atom stereocenters. The molecule has 5 aromatic rings. The monoisotopic (exact) mass is 437 g/mol. The fourth-order valence-corrected chi connectivity index (χ4v) is 4.65. The van der Waals surface area contributed by atoms with Crippen LogP contribution >= 0.6 is 0 Å². The van der Waals surface area contributed by atoms with E-state index in [0.717, 1.165) is 59.2 Å². The highest BCUT2D eigenvalue weighted by Crippen LogP contribution is 2.33. The van der Waals surface area contributed by atoms with Gasteiger partial charge in [0.25, 0.3) is 0 Å². The Hall–Kier alpha value is -4.19. The number of nitrogens with zero attached hydrogens (tertiary/aromatic N) is 8. The summed E-state index contributed by atoms with van der Waals surface area (Å²) >= 11 is 0. The van der Waals surface area contributed by atoms with Crippen molar-refractivity contribution in [1.29, 1.82) is 5.26 Å². The summed E-state index contributed by atoms with van der Waals surface area (Å²) in [5, 5.41) is 27.1. The molecule has 0 aliphatic heterocycles. The predicted octanol–water partition coefficient (Wildman–Crippen LogP) is 4.48. The van der Waals surface area contributed by atoms with E-state index in [2.05, 4.69) is 55.6 Å². The van der Waals surface area contributed by atoms with Gasteiger partial charge in [0.2, 0.25) is 5.95 Å². The molecule has 0 amide bonds. The molecule has 0 bridgehead atoms. The quantitative estimate of drug-likeness (QED) is 0.445. The predicted molar refractivity (Wildman–Crippen MR) is 125 cm³/mol. The van der Waals surface area contributed by atoms with E-state index >= 15 is 0 Å².